The van der Waals surface area contributed by atoms with E-state index < -0.39 is 5.41 Å². The minimum atomic E-state index is -0.427. The highest BCUT2D eigenvalue weighted by atomic mass is 35.5. The quantitative estimate of drug-likeness (QED) is 0.780. The number of hydrogen-bond donors (Lipinski definition) is 2. The molecule has 2 aromatic carbocycles. The molecule has 6 nitrogen and oxygen atoms in total. The lowest BCUT2D eigenvalue weighted by Crippen LogP contribution is -2.56. The average molecular weight is 427 g/mol. The smallest absolute Gasteiger partial charge is 0.318 e. The van der Waals surface area contributed by atoms with Crippen LogP contribution in [-0.2, 0) is 10.2 Å². The molecule has 0 unspecified atom stereocenters. The van der Waals surface area contributed by atoms with E-state index in [2.05, 4.69) is 21.6 Å². The van der Waals surface area contributed by atoms with Gasteiger partial charge in [-0.3, -0.25) is 4.79 Å². The Labute approximate surface area is 182 Å². The van der Waals surface area contributed by atoms with E-state index in [0.717, 1.165) is 54.3 Å². The number of rotatable bonds is 4. The molecule has 0 atom stereocenters. The first-order valence-corrected chi connectivity index (χ1v) is 10.8. The standard InChI is InChI=1S/C23H27ClN4O2/c1-25-22(30)26-19-8-6-17(7-9-19)23(10-3-11-23)21(29)28-14-12-27(13-15-28)20-5-2-4-18(24)16-20/h2,4-9,16H,3,10-15H2,1H3,(H2,25,26,30). The predicted octanol–water partition coefficient (Wildman–Crippen LogP) is 3.86. The van der Waals surface area contributed by atoms with Crippen LogP contribution in [0.25, 0.3) is 0 Å². The van der Waals surface area contributed by atoms with Crippen LogP contribution in [0.15, 0.2) is 48.5 Å². The van der Waals surface area contributed by atoms with Crippen molar-refractivity contribution in [3.8, 4) is 0 Å². The summed E-state index contributed by atoms with van der Waals surface area (Å²) in [6, 6.07) is 15.3. The fraction of sp³-hybridized carbons (Fsp3) is 0.391. The highest BCUT2D eigenvalue weighted by Crippen LogP contribution is 2.45. The summed E-state index contributed by atoms with van der Waals surface area (Å²) in [7, 11) is 1.58. The van der Waals surface area contributed by atoms with E-state index in [4.69, 9.17) is 11.6 Å². The number of benzene rings is 2. The normalized spacial score (nSPS) is 17.8. The van der Waals surface area contributed by atoms with Gasteiger partial charge in [0, 0.05) is 49.6 Å². The number of amides is 3. The van der Waals surface area contributed by atoms with E-state index in [1.54, 1.807) is 7.05 Å². The minimum Gasteiger partial charge on any atom is -0.368 e. The van der Waals surface area contributed by atoms with Crippen LogP contribution < -0.4 is 15.5 Å². The summed E-state index contributed by atoms with van der Waals surface area (Å²) in [6.07, 6.45) is 2.82. The van der Waals surface area contributed by atoms with Crippen LogP contribution in [0.1, 0.15) is 24.8 Å². The molecule has 1 heterocycles. The maximum Gasteiger partial charge on any atom is 0.318 e. The fourth-order valence-corrected chi connectivity index (χ4v) is 4.55. The molecule has 1 saturated heterocycles. The van der Waals surface area contributed by atoms with E-state index in [-0.39, 0.29) is 11.9 Å². The molecule has 3 amide bonds. The fourth-order valence-electron chi connectivity index (χ4n) is 4.37. The maximum absolute atomic E-state index is 13.5. The van der Waals surface area contributed by atoms with Crippen LogP contribution in [0.2, 0.25) is 5.02 Å². The van der Waals surface area contributed by atoms with Gasteiger partial charge in [-0.05, 0) is 48.7 Å². The van der Waals surface area contributed by atoms with E-state index in [0.29, 0.717) is 13.1 Å². The summed E-state index contributed by atoms with van der Waals surface area (Å²) in [5.41, 5.74) is 2.44. The molecule has 0 aromatic heterocycles. The molecule has 1 aliphatic heterocycles. The van der Waals surface area contributed by atoms with Gasteiger partial charge >= 0.3 is 6.03 Å². The SMILES string of the molecule is CNC(=O)Nc1ccc(C2(C(=O)N3CCN(c4cccc(Cl)c4)CC3)CCC2)cc1. The molecule has 2 N–H and O–H groups in total. The number of nitrogens with zero attached hydrogens (tertiary/aromatic N) is 2. The number of urea groups is 1. The summed E-state index contributed by atoms with van der Waals surface area (Å²) in [6.45, 7) is 3.03. The van der Waals surface area contributed by atoms with Crippen molar-refractivity contribution in [2.24, 2.45) is 0 Å². The molecule has 4 rings (SSSR count). The van der Waals surface area contributed by atoms with Crippen molar-refractivity contribution in [1.82, 2.24) is 10.2 Å². The first-order chi connectivity index (χ1) is 14.5. The molecule has 1 aliphatic carbocycles. The second-order valence-corrected chi connectivity index (χ2v) is 8.41. The Hall–Kier alpha value is -2.73. The number of hydrogen-bond acceptors (Lipinski definition) is 3. The molecular weight excluding hydrogens is 400 g/mol. The largest absolute Gasteiger partial charge is 0.368 e. The lowest BCUT2D eigenvalue weighted by molar-refractivity contribution is -0.141. The highest BCUT2D eigenvalue weighted by Gasteiger charge is 2.48. The lowest BCUT2D eigenvalue weighted by Gasteiger charge is -2.46. The van der Waals surface area contributed by atoms with Crippen molar-refractivity contribution < 1.29 is 9.59 Å². The van der Waals surface area contributed by atoms with Gasteiger partial charge < -0.3 is 20.4 Å². The first kappa shape index (κ1) is 20.5. The van der Waals surface area contributed by atoms with Crippen LogP contribution in [0, 0.1) is 0 Å². The van der Waals surface area contributed by atoms with Gasteiger partial charge in [0.1, 0.15) is 0 Å². The van der Waals surface area contributed by atoms with Crippen molar-refractivity contribution in [2.75, 3.05) is 43.4 Å². The van der Waals surface area contributed by atoms with Crippen LogP contribution >= 0.6 is 11.6 Å². The van der Waals surface area contributed by atoms with Gasteiger partial charge in [-0.1, -0.05) is 36.2 Å². The van der Waals surface area contributed by atoms with Crippen LogP contribution in [0.4, 0.5) is 16.2 Å². The molecule has 30 heavy (non-hydrogen) atoms. The van der Waals surface area contributed by atoms with Crippen molar-refractivity contribution in [2.45, 2.75) is 24.7 Å². The topological polar surface area (TPSA) is 64.7 Å². The number of halogens is 1. The Morgan fingerprint density at radius 2 is 1.70 bits per heavy atom. The Morgan fingerprint density at radius 1 is 1.00 bits per heavy atom. The molecule has 0 radical (unpaired) electrons. The average Bonchev–Trinajstić information content (AvgIpc) is 2.74. The number of nitrogens with one attached hydrogen (secondary N) is 2. The van der Waals surface area contributed by atoms with Gasteiger partial charge in [0.05, 0.1) is 5.41 Å². The highest BCUT2D eigenvalue weighted by molar-refractivity contribution is 6.30. The van der Waals surface area contributed by atoms with Crippen LogP contribution in [0.5, 0.6) is 0 Å². The van der Waals surface area contributed by atoms with Gasteiger partial charge in [0.25, 0.3) is 0 Å². The number of carbonyl (C=O) groups is 2. The van der Waals surface area contributed by atoms with Gasteiger partial charge in [0.15, 0.2) is 0 Å². The third-order valence-electron chi connectivity index (χ3n) is 6.28. The lowest BCUT2D eigenvalue weighted by atomic mass is 9.63. The monoisotopic (exact) mass is 426 g/mol. The minimum absolute atomic E-state index is 0.228. The second-order valence-electron chi connectivity index (χ2n) is 7.98. The van der Waals surface area contributed by atoms with Gasteiger partial charge in [0.2, 0.25) is 5.91 Å². The molecule has 7 heteroatoms. The van der Waals surface area contributed by atoms with Crippen molar-refractivity contribution >= 4 is 34.9 Å². The molecule has 0 bridgehead atoms. The molecule has 2 aromatic rings. The third kappa shape index (κ3) is 3.97. The molecular formula is C23H27ClN4O2. The molecule has 158 valence electrons. The summed E-state index contributed by atoms with van der Waals surface area (Å²) in [5.74, 6) is 0.228. The number of anilines is 2. The predicted molar refractivity (Wildman–Crippen MR) is 120 cm³/mol. The van der Waals surface area contributed by atoms with E-state index in [1.165, 1.54) is 0 Å². The zero-order valence-electron chi connectivity index (χ0n) is 17.2. The van der Waals surface area contributed by atoms with Gasteiger partial charge in [-0.2, -0.15) is 0 Å². The molecule has 0 spiro atoms. The molecule has 2 aliphatic rings. The number of carbonyl (C=O) groups excluding carboxylic acids is 2. The van der Waals surface area contributed by atoms with Crippen LogP contribution in [-0.4, -0.2) is 50.1 Å². The Morgan fingerprint density at radius 3 is 2.27 bits per heavy atom. The Balaban J connectivity index is 1.43. The molecule has 2 fully saturated rings. The number of piperazine rings is 1. The Bertz CT molecular complexity index is 919. The van der Waals surface area contributed by atoms with Gasteiger partial charge in [-0.15, -0.1) is 0 Å². The summed E-state index contributed by atoms with van der Waals surface area (Å²) >= 11 is 6.13. The van der Waals surface area contributed by atoms with Crippen molar-refractivity contribution in [1.29, 1.82) is 0 Å². The Kier molecular flexibility index (Phi) is 5.86. The van der Waals surface area contributed by atoms with Crippen molar-refractivity contribution in [3.05, 3.63) is 59.1 Å². The molecule has 1 saturated carbocycles. The maximum atomic E-state index is 13.5. The van der Waals surface area contributed by atoms with Gasteiger partial charge in [-0.25, -0.2) is 4.79 Å². The summed E-state index contributed by atoms with van der Waals surface area (Å²) in [5, 5.41) is 6.03. The van der Waals surface area contributed by atoms with Crippen LogP contribution in [0.3, 0.4) is 0 Å². The van der Waals surface area contributed by atoms with E-state index in [9.17, 15) is 9.59 Å². The summed E-state index contributed by atoms with van der Waals surface area (Å²) < 4.78 is 0. The summed E-state index contributed by atoms with van der Waals surface area (Å²) in [4.78, 5) is 29.3. The first-order valence-electron chi connectivity index (χ1n) is 10.4. The zero-order chi connectivity index (χ0) is 21.1. The third-order valence-corrected chi connectivity index (χ3v) is 6.51. The zero-order valence-corrected chi connectivity index (χ0v) is 17.9. The van der Waals surface area contributed by atoms with E-state index >= 15 is 0 Å². The van der Waals surface area contributed by atoms with E-state index in [1.807, 2.05) is 47.4 Å². The second kappa shape index (κ2) is 8.56. The van der Waals surface area contributed by atoms with Crippen molar-refractivity contribution in [3.63, 3.8) is 0 Å².